The molecule has 0 atom stereocenters. The molecule has 0 saturated carbocycles. The largest absolute Gasteiger partial charge is 0.377 e. The van der Waals surface area contributed by atoms with E-state index in [9.17, 15) is 4.79 Å². The van der Waals surface area contributed by atoms with E-state index in [4.69, 9.17) is 4.74 Å². The van der Waals surface area contributed by atoms with Gasteiger partial charge < -0.3 is 15.4 Å². The van der Waals surface area contributed by atoms with Gasteiger partial charge in [0, 0.05) is 13.7 Å². The van der Waals surface area contributed by atoms with Crippen LogP contribution in [0, 0.1) is 0 Å². The molecular formula is C10H22N2O2. The number of hydrogen-bond acceptors (Lipinski definition) is 3. The molecule has 0 saturated heterocycles. The first-order valence-electron chi connectivity index (χ1n) is 5.04. The molecule has 4 heteroatoms. The monoisotopic (exact) mass is 202 g/mol. The fourth-order valence-corrected chi connectivity index (χ4v) is 0.825. The van der Waals surface area contributed by atoms with Gasteiger partial charge in [-0.05, 0) is 26.8 Å². The van der Waals surface area contributed by atoms with Crippen LogP contribution in [0.15, 0.2) is 0 Å². The smallest absolute Gasteiger partial charge is 0.234 e. The van der Waals surface area contributed by atoms with Gasteiger partial charge in [0.1, 0.15) is 0 Å². The van der Waals surface area contributed by atoms with Gasteiger partial charge in [-0.25, -0.2) is 0 Å². The average Bonchev–Trinajstić information content (AvgIpc) is 2.16. The van der Waals surface area contributed by atoms with Gasteiger partial charge in [-0.2, -0.15) is 0 Å². The van der Waals surface area contributed by atoms with Crippen molar-refractivity contribution in [3.8, 4) is 0 Å². The van der Waals surface area contributed by atoms with Crippen molar-refractivity contribution in [2.75, 3.05) is 26.7 Å². The van der Waals surface area contributed by atoms with Crippen LogP contribution in [0.4, 0.5) is 0 Å². The number of carbonyl (C=O) groups is 1. The predicted molar refractivity (Wildman–Crippen MR) is 57.3 cm³/mol. The van der Waals surface area contributed by atoms with Crippen LogP contribution in [0.1, 0.15) is 27.2 Å². The van der Waals surface area contributed by atoms with Crippen molar-refractivity contribution in [2.45, 2.75) is 32.8 Å². The third-order valence-corrected chi connectivity index (χ3v) is 1.98. The third-order valence-electron chi connectivity index (χ3n) is 1.98. The van der Waals surface area contributed by atoms with Crippen LogP contribution in [0.2, 0.25) is 0 Å². The lowest BCUT2D eigenvalue weighted by Crippen LogP contribution is -2.43. The molecule has 1 amide bonds. The first-order chi connectivity index (χ1) is 6.52. The van der Waals surface area contributed by atoms with Gasteiger partial charge in [-0.15, -0.1) is 0 Å². The number of methoxy groups -OCH3 is 1. The fraction of sp³-hybridized carbons (Fsp3) is 0.900. The Morgan fingerprint density at radius 1 is 1.43 bits per heavy atom. The first kappa shape index (κ1) is 13.4. The van der Waals surface area contributed by atoms with Crippen molar-refractivity contribution in [3.63, 3.8) is 0 Å². The van der Waals surface area contributed by atoms with Gasteiger partial charge >= 0.3 is 0 Å². The highest BCUT2D eigenvalue weighted by molar-refractivity contribution is 5.78. The van der Waals surface area contributed by atoms with Gasteiger partial charge in [0.05, 0.1) is 12.1 Å². The minimum absolute atomic E-state index is 0.0172. The quantitative estimate of drug-likeness (QED) is 0.592. The van der Waals surface area contributed by atoms with Crippen molar-refractivity contribution in [2.24, 2.45) is 0 Å². The summed E-state index contributed by atoms with van der Waals surface area (Å²) < 4.78 is 5.18. The molecule has 4 nitrogen and oxygen atoms in total. The topological polar surface area (TPSA) is 50.4 Å². The van der Waals surface area contributed by atoms with E-state index in [1.165, 1.54) is 0 Å². The Morgan fingerprint density at radius 2 is 2.07 bits per heavy atom. The number of carbonyl (C=O) groups excluding carboxylic acids is 1. The number of nitrogens with one attached hydrogen (secondary N) is 2. The summed E-state index contributed by atoms with van der Waals surface area (Å²) >= 11 is 0. The van der Waals surface area contributed by atoms with Crippen LogP contribution in [0.5, 0.6) is 0 Å². The van der Waals surface area contributed by atoms with E-state index in [0.717, 1.165) is 13.0 Å². The fourth-order valence-electron chi connectivity index (χ4n) is 0.825. The van der Waals surface area contributed by atoms with Crippen molar-refractivity contribution < 1.29 is 9.53 Å². The van der Waals surface area contributed by atoms with Crippen molar-refractivity contribution >= 4 is 5.91 Å². The Kier molecular flexibility index (Phi) is 6.49. The molecule has 0 aromatic rings. The van der Waals surface area contributed by atoms with Gasteiger partial charge in [0.25, 0.3) is 0 Å². The summed E-state index contributed by atoms with van der Waals surface area (Å²) in [7, 11) is 1.64. The number of ether oxygens (including phenoxy) is 1. The molecule has 0 aromatic carbocycles. The van der Waals surface area contributed by atoms with E-state index in [0.29, 0.717) is 13.1 Å². The zero-order valence-electron chi connectivity index (χ0n) is 9.64. The minimum atomic E-state index is -0.291. The van der Waals surface area contributed by atoms with Gasteiger partial charge in [-0.1, -0.05) is 6.92 Å². The molecule has 0 aliphatic rings. The molecule has 0 rings (SSSR count). The highest BCUT2D eigenvalue weighted by Crippen LogP contribution is 2.04. The van der Waals surface area contributed by atoms with Crippen LogP contribution in [-0.2, 0) is 9.53 Å². The number of rotatable bonds is 7. The zero-order chi connectivity index (χ0) is 11.0. The van der Waals surface area contributed by atoms with E-state index in [-0.39, 0.29) is 11.5 Å². The van der Waals surface area contributed by atoms with Gasteiger partial charge in [-0.3, -0.25) is 4.79 Å². The van der Waals surface area contributed by atoms with Gasteiger partial charge in [0.15, 0.2) is 0 Å². The summed E-state index contributed by atoms with van der Waals surface area (Å²) in [4.78, 5) is 11.3. The molecule has 14 heavy (non-hydrogen) atoms. The second-order valence-electron chi connectivity index (χ2n) is 3.92. The zero-order valence-corrected chi connectivity index (χ0v) is 9.64. The van der Waals surface area contributed by atoms with E-state index in [2.05, 4.69) is 17.6 Å². The molecule has 0 spiro atoms. The molecule has 0 unspecified atom stereocenters. The second kappa shape index (κ2) is 6.79. The summed E-state index contributed by atoms with van der Waals surface area (Å²) in [6.45, 7) is 7.74. The summed E-state index contributed by atoms with van der Waals surface area (Å²) in [6, 6.07) is 0. The van der Waals surface area contributed by atoms with Crippen LogP contribution >= 0.6 is 0 Å². The van der Waals surface area contributed by atoms with E-state index < -0.39 is 0 Å². The average molecular weight is 202 g/mol. The highest BCUT2D eigenvalue weighted by Gasteiger charge is 2.16. The highest BCUT2D eigenvalue weighted by atomic mass is 16.5. The molecule has 0 radical (unpaired) electrons. The Bertz CT molecular complexity index is 170. The maximum Gasteiger partial charge on any atom is 0.234 e. The SMILES string of the molecule is CCCNCC(=O)NCC(C)(C)OC. The standard InChI is InChI=1S/C10H22N2O2/c1-5-6-11-7-9(13)12-8-10(2,3)14-4/h11H,5-8H2,1-4H3,(H,12,13). The lowest BCUT2D eigenvalue weighted by molar-refractivity contribution is -0.121. The van der Waals surface area contributed by atoms with Crippen molar-refractivity contribution in [3.05, 3.63) is 0 Å². The van der Waals surface area contributed by atoms with Crippen LogP contribution in [0.3, 0.4) is 0 Å². The summed E-state index contributed by atoms with van der Waals surface area (Å²) in [6.07, 6.45) is 1.04. The molecule has 0 heterocycles. The maximum atomic E-state index is 11.3. The van der Waals surface area contributed by atoms with E-state index in [1.54, 1.807) is 7.11 Å². The maximum absolute atomic E-state index is 11.3. The Balaban J connectivity index is 3.53. The second-order valence-corrected chi connectivity index (χ2v) is 3.92. The van der Waals surface area contributed by atoms with Crippen LogP contribution in [-0.4, -0.2) is 38.3 Å². The van der Waals surface area contributed by atoms with Crippen molar-refractivity contribution in [1.82, 2.24) is 10.6 Å². The molecule has 84 valence electrons. The third kappa shape index (κ3) is 6.86. The Hall–Kier alpha value is -0.610. The van der Waals surface area contributed by atoms with Crippen LogP contribution < -0.4 is 10.6 Å². The number of amides is 1. The molecule has 0 bridgehead atoms. The Labute approximate surface area is 86.4 Å². The predicted octanol–water partition coefficient (Wildman–Crippen LogP) is 0.527. The molecule has 2 N–H and O–H groups in total. The molecule has 0 aliphatic heterocycles. The summed E-state index contributed by atoms with van der Waals surface area (Å²) in [5, 5.41) is 5.84. The first-order valence-corrected chi connectivity index (χ1v) is 5.04. The minimum Gasteiger partial charge on any atom is -0.377 e. The molecule has 0 aromatic heterocycles. The number of hydrogen-bond donors (Lipinski definition) is 2. The van der Waals surface area contributed by atoms with Crippen LogP contribution in [0.25, 0.3) is 0 Å². The van der Waals surface area contributed by atoms with E-state index >= 15 is 0 Å². The Morgan fingerprint density at radius 3 is 2.57 bits per heavy atom. The van der Waals surface area contributed by atoms with Crippen molar-refractivity contribution in [1.29, 1.82) is 0 Å². The summed E-state index contributed by atoms with van der Waals surface area (Å²) in [5.41, 5.74) is -0.291. The lowest BCUT2D eigenvalue weighted by Gasteiger charge is -2.23. The van der Waals surface area contributed by atoms with Gasteiger partial charge in [0.2, 0.25) is 5.91 Å². The summed E-state index contributed by atoms with van der Waals surface area (Å²) in [5.74, 6) is 0.0172. The van der Waals surface area contributed by atoms with E-state index in [1.807, 2.05) is 13.8 Å². The molecule has 0 fully saturated rings. The molecular weight excluding hydrogens is 180 g/mol. The lowest BCUT2D eigenvalue weighted by atomic mass is 10.1. The molecule has 0 aliphatic carbocycles. The normalized spacial score (nSPS) is 11.4.